The topological polar surface area (TPSA) is 52.3 Å². The summed E-state index contributed by atoms with van der Waals surface area (Å²) in [4.78, 5) is 11.6. The van der Waals surface area contributed by atoms with Crippen LogP contribution in [0, 0.1) is 0 Å². The molecule has 0 spiro atoms. The summed E-state index contributed by atoms with van der Waals surface area (Å²) in [5.74, 6) is -0.220. The molecule has 1 aliphatic carbocycles. The number of esters is 1. The van der Waals surface area contributed by atoms with Crippen LogP contribution in [0.4, 0.5) is 0 Å². The quantitative estimate of drug-likeness (QED) is 0.677. The van der Waals surface area contributed by atoms with Crippen LogP contribution in [0.2, 0.25) is 0 Å². The lowest BCUT2D eigenvalue weighted by Gasteiger charge is -2.31. The van der Waals surface area contributed by atoms with Crippen molar-refractivity contribution in [1.82, 2.24) is 0 Å². The Morgan fingerprint density at radius 2 is 2.00 bits per heavy atom. The molecule has 0 aromatic rings. The fourth-order valence-corrected chi connectivity index (χ4v) is 1.30. The monoisotopic (exact) mass is 185 g/mol. The molecule has 76 valence electrons. The van der Waals surface area contributed by atoms with Crippen LogP contribution in [-0.2, 0) is 9.53 Å². The zero-order valence-corrected chi connectivity index (χ0v) is 8.51. The maximum Gasteiger partial charge on any atom is 0.326 e. The third-order valence-corrected chi connectivity index (χ3v) is 2.99. The van der Waals surface area contributed by atoms with Crippen LogP contribution in [0.25, 0.3) is 0 Å². The molecule has 0 saturated heterocycles. The van der Waals surface area contributed by atoms with Crippen molar-refractivity contribution in [2.45, 2.75) is 57.6 Å². The van der Waals surface area contributed by atoms with Crippen LogP contribution in [0.3, 0.4) is 0 Å². The van der Waals surface area contributed by atoms with Gasteiger partial charge in [0.25, 0.3) is 0 Å². The lowest BCUT2D eigenvalue weighted by Crippen LogP contribution is -2.49. The maximum absolute atomic E-state index is 11.6. The summed E-state index contributed by atoms with van der Waals surface area (Å²) in [5, 5.41) is 0. The van der Waals surface area contributed by atoms with E-state index in [1.165, 1.54) is 6.42 Å². The lowest BCUT2D eigenvalue weighted by atomic mass is 9.92. The normalized spacial score (nSPS) is 18.1. The molecule has 0 unspecified atom stereocenters. The van der Waals surface area contributed by atoms with Gasteiger partial charge in [-0.15, -0.1) is 0 Å². The van der Waals surface area contributed by atoms with Gasteiger partial charge in [-0.2, -0.15) is 0 Å². The van der Waals surface area contributed by atoms with E-state index in [-0.39, 0.29) is 12.1 Å². The van der Waals surface area contributed by atoms with E-state index in [1.54, 1.807) is 0 Å². The van der Waals surface area contributed by atoms with Crippen molar-refractivity contribution in [1.29, 1.82) is 0 Å². The third kappa shape index (κ3) is 2.21. The summed E-state index contributed by atoms with van der Waals surface area (Å²) in [6, 6.07) is 0. The van der Waals surface area contributed by atoms with Crippen molar-refractivity contribution >= 4 is 5.97 Å². The van der Waals surface area contributed by atoms with E-state index in [1.807, 2.05) is 13.8 Å². The Hall–Kier alpha value is -0.570. The Morgan fingerprint density at radius 3 is 2.31 bits per heavy atom. The van der Waals surface area contributed by atoms with Crippen LogP contribution in [-0.4, -0.2) is 17.6 Å². The Bertz CT molecular complexity index is 183. The zero-order chi connectivity index (χ0) is 9.90. The van der Waals surface area contributed by atoms with Gasteiger partial charge in [-0.1, -0.05) is 13.8 Å². The molecule has 13 heavy (non-hydrogen) atoms. The smallest absolute Gasteiger partial charge is 0.326 e. The highest BCUT2D eigenvalue weighted by molar-refractivity contribution is 5.80. The molecule has 1 saturated carbocycles. The van der Waals surface area contributed by atoms with Crippen molar-refractivity contribution in [2.75, 3.05) is 0 Å². The Kier molecular flexibility index (Phi) is 3.31. The van der Waals surface area contributed by atoms with Crippen LogP contribution in [0.5, 0.6) is 0 Å². The van der Waals surface area contributed by atoms with E-state index >= 15 is 0 Å². The Balaban J connectivity index is 2.43. The summed E-state index contributed by atoms with van der Waals surface area (Å²) < 4.78 is 5.27. The zero-order valence-electron chi connectivity index (χ0n) is 8.51. The second kappa shape index (κ2) is 4.09. The summed E-state index contributed by atoms with van der Waals surface area (Å²) in [6.07, 6.45) is 4.64. The number of carbonyl (C=O) groups excluding carboxylic acids is 1. The minimum atomic E-state index is -0.754. The summed E-state index contributed by atoms with van der Waals surface area (Å²) >= 11 is 0. The fraction of sp³-hybridized carbons (Fsp3) is 0.900. The molecule has 3 nitrogen and oxygen atoms in total. The van der Waals surface area contributed by atoms with Crippen LogP contribution in [0.1, 0.15) is 46.0 Å². The molecule has 0 heterocycles. The number of hydrogen-bond donors (Lipinski definition) is 1. The van der Waals surface area contributed by atoms with Gasteiger partial charge in [-0.25, -0.2) is 0 Å². The van der Waals surface area contributed by atoms with Crippen LogP contribution < -0.4 is 5.73 Å². The van der Waals surface area contributed by atoms with Crippen molar-refractivity contribution in [3.63, 3.8) is 0 Å². The Labute approximate surface area is 79.6 Å². The average molecular weight is 185 g/mol. The fourth-order valence-electron chi connectivity index (χ4n) is 1.30. The molecule has 0 radical (unpaired) electrons. The van der Waals surface area contributed by atoms with Gasteiger partial charge < -0.3 is 10.5 Å². The first kappa shape index (κ1) is 10.5. The molecule has 1 aliphatic rings. The van der Waals surface area contributed by atoms with Crippen molar-refractivity contribution in [3.05, 3.63) is 0 Å². The van der Waals surface area contributed by atoms with Gasteiger partial charge in [0.2, 0.25) is 0 Å². The largest absolute Gasteiger partial charge is 0.461 e. The first-order valence-corrected chi connectivity index (χ1v) is 5.12. The molecule has 0 bridgehead atoms. The molecule has 0 aromatic carbocycles. The predicted molar refractivity (Wildman–Crippen MR) is 51.2 cm³/mol. The standard InChI is InChI=1S/C10H19NO2/c1-3-10(11,4-2)9(12)13-8-6-5-7-8/h8H,3-7,11H2,1-2H3. The number of nitrogens with two attached hydrogens (primary N) is 1. The summed E-state index contributed by atoms with van der Waals surface area (Å²) in [5.41, 5.74) is 5.14. The minimum absolute atomic E-state index is 0.147. The second-order valence-electron chi connectivity index (χ2n) is 3.82. The van der Waals surface area contributed by atoms with E-state index in [9.17, 15) is 4.79 Å². The SMILES string of the molecule is CCC(N)(CC)C(=O)OC1CCC1. The molecule has 0 atom stereocenters. The Morgan fingerprint density at radius 1 is 1.46 bits per heavy atom. The second-order valence-corrected chi connectivity index (χ2v) is 3.82. The molecular formula is C10H19NO2. The predicted octanol–water partition coefficient (Wildman–Crippen LogP) is 1.60. The highest BCUT2D eigenvalue weighted by Crippen LogP contribution is 2.24. The summed E-state index contributed by atoms with van der Waals surface area (Å²) in [7, 11) is 0. The minimum Gasteiger partial charge on any atom is -0.461 e. The molecule has 3 heteroatoms. The summed E-state index contributed by atoms with van der Waals surface area (Å²) in [6.45, 7) is 3.84. The lowest BCUT2D eigenvalue weighted by molar-refractivity contribution is -0.160. The third-order valence-electron chi connectivity index (χ3n) is 2.99. The van der Waals surface area contributed by atoms with Gasteiger partial charge in [-0.3, -0.25) is 4.79 Å². The number of hydrogen-bond acceptors (Lipinski definition) is 3. The molecule has 1 rings (SSSR count). The average Bonchev–Trinajstić information content (AvgIpc) is 2.09. The molecule has 2 N–H and O–H groups in total. The van der Waals surface area contributed by atoms with E-state index in [2.05, 4.69) is 0 Å². The number of carbonyl (C=O) groups is 1. The molecular weight excluding hydrogens is 166 g/mol. The first-order valence-electron chi connectivity index (χ1n) is 5.12. The molecule has 0 amide bonds. The van der Waals surface area contributed by atoms with Crippen LogP contribution in [0.15, 0.2) is 0 Å². The molecule has 0 aliphatic heterocycles. The van der Waals surface area contributed by atoms with E-state index in [4.69, 9.17) is 10.5 Å². The van der Waals surface area contributed by atoms with Gasteiger partial charge in [-0.05, 0) is 32.1 Å². The molecule has 1 fully saturated rings. The number of rotatable bonds is 4. The van der Waals surface area contributed by atoms with Crippen molar-refractivity contribution in [2.24, 2.45) is 5.73 Å². The highest BCUT2D eigenvalue weighted by atomic mass is 16.5. The van der Waals surface area contributed by atoms with E-state index in [0.717, 1.165) is 12.8 Å². The molecule has 0 aromatic heterocycles. The van der Waals surface area contributed by atoms with Gasteiger partial charge in [0, 0.05) is 0 Å². The van der Waals surface area contributed by atoms with Gasteiger partial charge >= 0.3 is 5.97 Å². The van der Waals surface area contributed by atoms with Crippen molar-refractivity contribution < 1.29 is 9.53 Å². The van der Waals surface area contributed by atoms with Crippen LogP contribution >= 0.6 is 0 Å². The number of ether oxygens (including phenoxy) is 1. The van der Waals surface area contributed by atoms with E-state index in [0.29, 0.717) is 12.8 Å². The van der Waals surface area contributed by atoms with Crippen molar-refractivity contribution in [3.8, 4) is 0 Å². The first-order chi connectivity index (χ1) is 6.12. The van der Waals surface area contributed by atoms with Gasteiger partial charge in [0.15, 0.2) is 0 Å². The highest BCUT2D eigenvalue weighted by Gasteiger charge is 2.34. The van der Waals surface area contributed by atoms with Gasteiger partial charge in [0.05, 0.1) is 0 Å². The maximum atomic E-state index is 11.6. The van der Waals surface area contributed by atoms with E-state index < -0.39 is 5.54 Å². The van der Waals surface area contributed by atoms with Gasteiger partial charge in [0.1, 0.15) is 11.6 Å².